The molecule has 3 heterocycles. The minimum atomic E-state index is -0.493. The van der Waals surface area contributed by atoms with Crippen LogP contribution in [-0.4, -0.2) is 29.3 Å². The second-order valence-electron chi connectivity index (χ2n) is 5.19. The van der Waals surface area contributed by atoms with Crippen molar-refractivity contribution in [1.29, 1.82) is 0 Å². The highest BCUT2D eigenvalue weighted by Gasteiger charge is 2.35. The minimum absolute atomic E-state index is 0.190. The molecule has 8 heteroatoms. The fraction of sp³-hybridized carbons (Fsp3) is 0.333. The largest absolute Gasteiger partial charge is 0.467 e. The van der Waals surface area contributed by atoms with Gasteiger partial charge in [0, 0.05) is 6.54 Å². The molecule has 0 bridgehead atoms. The molecule has 122 valence electrons. The van der Waals surface area contributed by atoms with Gasteiger partial charge in [0.2, 0.25) is 5.91 Å². The molecular formula is C15H14Cl2N2O3S. The molecule has 2 aromatic rings. The molecule has 0 radical (unpaired) electrons. The monoisotopic (exact) mass is 372 g/mol. The van der Waals surface area contributed by atoms with Gasteiger partial charge in [-0.1, -0.05) is 23.2 Å². The standard InChI is InChI=1S/C15H14Cl2N2O3S/c16-12-7-10(13(17)23-12)15(21)19-5-1-4-11(19)14(20)18-8-9-3-2-6-22-9/h2-3,6-7,11H,1,4-5,8H2,(H,18,20)/t11-/m0/s1. The SMILES string of the molecule is O=C(NCc1ccco1)[C@@H]1CCCN1C(=O)c1cc(Cl)sc1Cl. The summed E-state index contributed by atoms with van der Waals surface area (Å²) < 4.78 is 5.99. The molecule has 3 rings (SSSR count). The molecule has 1 aliphatic heterocycles. The van der Waals surface area contributed by atoms with Crippen molar-refractivity contribution in [3.8, 4) is 0 Å². The number of hydrogen-bond acceptors (Lipinski definition) is 4. The molecule has 5 nitrogen and oxygen atoms in total. The highest BCUT2D eigenvalue weighted by Crippen LogP contribution is 2.33. The Kier molecular flexibility index (Phi) is 4.94. The van der Waals surface area contributed by atoms with E-state index in [1.54, 1.807) is 29.4 Å². The lowest BCUT2D eigenvalue weighted by molar-refractivity contribution is -0.125. The normalized spacial score (nSPS) is 17.5. The van der Waals surface area contributed by atoms with Crippen LogP contribution in [0.25, 0.3) is 0 Å². The maximum atomic E-state index is 12.6. The van der Waals surface area contributed by atoms with Crippen molar-refractivity contribution in [3.63, 3.8) is 0 Å². The molecule has 1 atom stereocenters. The van der Waals surface area contributed by atoms with Gasteiger partial charge in [-0.25, -0.2) is 0 Å². The first-order valence-electron chi connectivity index (χ1n) is 7.12. The van der Waals surface area contributed by atoms with Crippen LogP contribution in [0.2, 0.25) is 8.67 Å². The van der Waals surface area contributed by atoms with Gasteiger partial charge in [0.05, 0.1) is 22.7 Å². The molecule has 1 fully saturated rings. The summed E-state index contributed by atoms with van der Waals surface area (Å²) >= 11 is 13.1. The fourth-order valence-electron chi connectivity index (χ4n) is 2.63. The number of amides is 2. The van der Waals surface area contributed by atoms with Crippen molar-refractivity contribution >= 4 is 46.4 Å². The predicted molar refractivity (Wildman–Crippen MR) is 89.0 cm³/mol. The number of hydrogen-bond donors (Lipinski definition) is 1. The van der Waals surface area contributed by atoms with E-state index in [9.17, 15) is 9.59 Å². The third-order valence-corrected chi connectivity index (χ3v) is 5.21. The smallest absolute Gasteiger partial charge is 0.256 e. The van der Waals surface area contributed by atoms with Crippen LogP contribution >= 0.6 is 34.5 Å². The number of likely N-dealkylation sites (tertiary alicyclic amines) is 1. The number of rotatable bonds is 4. The van der Waals surface area contributed by atoms with E-state index in [2.05, 4.69) is 5.32 Å². The highest BCUT2D eigenvalue weighted by atomic mass is 35.5. The molecule has 1 saturated heterocycles. The van der Waals surface area contributed by atoms with Crippen LogP contribution in [0.1, 0.15) is 29.0 Å². The molecule has 2 amide bonds. The molecule has 1 N–H and O–H groups in total. The summed E-state index contributed by atoms with van der Waals surface area (Å²) in [6, 6.07) is 4.60. The van der Waals surface area contributed by atoms with Crippen LogP contribution in [0.3, 0.4) is 0 Å². The van der Waals surface area contributed by atoms with Gasteiger partial charge in [0.25, 0.3) is 5.91 Å². The van der Waals surface area contributed by atoms with Crippen molar-refractivity contribution in [3.05, 3.63) is 44.5 Å². The van der Waals surface area contributed by atoms with E-state index in [-0.39, 0.29) is 11.8 Å². The van der Waals surface area contributed by atoms with Gasteiger partial charge in [-0.05, 0) is 31.0 Å². The number of halogens is 2. The fourth-order valence-corrected chi connectivity index (χ4v) is 4.08. The van der Waals surface area contributed by atoms with Crippen LogP contribution < -0.4 is 5.32 Å². The summed E-state index contributed by atoms with van der Waals surface area (Å²) in [5.74, 6) is 0.223. The Hall–Kier alpha value is -1.50. The molecule has 1 aliphatic rings. The summed E-state index contributed by atoms with van der Waals surface area (Å²) in [4.78, 5) is 26.6. The first-order valence-corrected chi connectivity index (χ1v) is 8.69. The maximum absolute atomic E-state index is 12.6. The van der Waals surface area contributed by atoms with Gasteiger partial charge >= 0.3 is 0 Å². The molecule has 0 aromatic carbocycles. The van der Waals surface area contributed by atoms with Crippen LogP contribution in [-0.2, 0) is 11.3 Å². The van der Waals surface area contributed by atoms with Gasteiger partial charge < -0.3 is 14.6 Å². The summed E-state index contributed by atoms with van der Waals surface area (Å²) in [5.41, 5.74) is 0.354. The Morgan fingerprint density at radius 3 is 2.91 bits per heavy atom. The van der Waals surface area contributed by atoms with Gasteiger partial charge in [-0.15, -0.1) is 11.3 Å². The number of nitrogens with zero attached hydrogens (tertiary/aromatic N) is 1. The van der Waals surface area contributed by atoms with Crippen molar-refractivity contribution in [1.82, 2.24) is 10.2 Å². The molecule has 23 heavy (non-hydrogen) atoms. The van der Waals surface area contributed by atoms with Gasteiger partial charge in [0.15, 0.2) is 0 Å². The molecule has 2 aromatic heterocycles. The van der Waals surface area contributed by atoms with E-state index in [4.69, 9.17) is 27.6 Å². The van der Waals surface area contributed by atoms with Crippen molar-refractivity contribution in [2.24, 2.45) is 0 Å². The van der Waals surface area contributed by atoms with Crippen molar-refractivity contribution in [2.45, 2.75) is 25.4 Å². The third-order valence-electron chi connectivity index (χ3n) is 3.72. The topological polar surface area (TPSA) is 62.6 Å². The van der Waals surface area contributed by atoms with Gasteiger partial charge in [0.1, 0.15) is 16.1 Å². The zero-order valence-electron chi connectivity index (χ0n) is 12.1. The minimum Gasteiger partial charge on any atom is -0.467 e. The second kappa shape index (κ2) is 6.95. The van der Waals surface area contributed by atoms with E-state index >= 15 is 0 Å². The van der Waals surface area contributed by atoms with Crippen LogP contribution in [0.4, 0.5) is 0 Å². The average Bonchev–Trinajstić information content (AvgIpc) is 3.24. The molecule has 0 unspecified atom stereocenters. The second-order valence-corrected chi connectivity index (χ2v) is 7.48. The van der Waals surface area contributed by atoms with E-state index in [1.165, 1.54) is 0 Å². The summed E-state index contributed by atoms with van der Waals surface area (Å²) in [7, 11) is 0. The Bertz CT molecular complexity index is 714. The predicted octanol–water partition coefficient (Wildman–Crippen LogP) is 3.57. The Morgan fingerprint density at radius 1 is 1.43 bits per heavy atom. The summed E-state index contributed by atoms with van der Waals surface area (Å²) in [5, 5.41) is 2.80. The Labute approximate surface area is 147 Å². The number of carbonyl (C=O) groups is 2. The highest BCUT2D eigenvalue weighted by molar-refractivity contribution is 7.20. The molecular weight excluding hydrogens is 359 g/mol. The molecule has 0 aliphatic carbocycles. The number of thiophene rings is 1. The lowest BCUT2D eigenvalue weighted by Crippen LogP contribution is -2.45. The number of nitrogens with one attached hydrogen (secondary N) is 1. The van der Waals surface area contributed by atoms with Crippen molar-refractivity contribution in [2.75, 3.05) is 6.54 Å². The molecule has 0 saturated carbocycles. The van der Waals surface area contributed by atoms with E-state index in [0.29, 0.717) is 39.5 Å². The van der Waals surface area contributed by atoms with Crippen LogP contribution in [0.15, 0.2) is 28.9 Å². The van der Waals surface area contributed by atoms with E-state index in [0.717, 1.165) is 17.8 Å². The van der Waals surface area contributed by atoms with Crippen molar-refractivity contribution < 1.29 is 14.0 Å². The summed E-state index contributed by atoms with van der Waals surface area (Å²) in [6.45, 7) is 0.830. The summed E-state index contributed by atoms with van der Waals surface area (Å²) in [6.07, 6.45) is 2.96. The van der Waals surface area contributed by atoms with E-state index in [1.807, 2.05) is 0 Å². The van der Waals surface area contributed by atoms with Gasteiger partial charge in [-0.3, -0.25) is 9.59 Å². The van der Waals surface area contributed by atoms with Crippen LogP contribution in [0.5, 0.6) is 0 Å². The van der Waals surface area contributed by atoms with Gasteiger partial charge in [-0.2, -0.15) is 0 Å². The lowest BCUT2D eigenvalue weighted by atomic mass is 10.2. The molecule has 0 spiro atoms. The zero-order valence-corrected chi connectivity index (χ0v) is 14.4. The number of carbonyl (C=O) groups excluding carboxylic acids is 2. The average molecular weight is 373 g/mol. The first-order chi connectivity index (χ1) is 11.1. The first kappa shape index (κ1) is 16.4. The third kappa shape index (κ3) is 3.54. The van der Waals surface area contributed by atoms with Crippen LogP contribution in [0, 0.1) is 0 Å². The maximum Gasteiger partial charge on any atom is 0.256 e. The lowest BCUT2D eigenvalue weighted by Gasteiger charge is -2.23. The van der Waals surface area contributed by atoms with E-state index < -0.39 is 6.04 Å². The quantitative estimate of drug-likeness (QED) is 0.891. The zero-order chi connectivity index (χ0) is 16.4. The Balaban J connectivity index is 1.68. The Morgan fingerprint density at radius 2 is 2.26 bits per heavy atom. The number of furan rings is 1.